The molecule has 0 aromatic heterocycles. The molecule has 90 valence electrons. The second kappa shape index (κ2) is 5.91. The van der Waals surface area contributed by atoms with E-state index in [1.165, 1.54) is 12.1 Å². The number of nitriles is 1. The molecule has 0 N–H and O–H groups in total. The van der Waals surface area contributed by atoms with Crippen LogP contribution >= 0.6 is 22.6 Å². The zero-order valence-electron chi connectivity index (χ0n) is 8.84. The second-order valence-electron chi connectivity index (χ2n) is 3.05. The van der Waals surface area contributed by atoms with E-state index in [9.17, 15) is 13.6 Å². The highest BCUT2D eigenvalue weighted by atomic mass is 127. The maximum absolute atomic E-state index is 12.7. The van der Waals surface area contributed by atoms with Crippen LogP contribution in [0.5, 0.6) is 0 Å². The van der Waals surface area contributed by atoms with E-state index in [0.29, 0.717) is 3.57 Å². The van der Waals surface area contributed by atoms with Crippen LogP contribution in [0.3, 0.4) is 0 Å². The summed E-state index contributed by atoms with van der Waals surface area (Å²) in [5.41, 5.74) is -0.877. The standard InChI is InChI=1S/C11H8F2INO2/c1-2-17-11(16)8-4-6(14)3-7(10(12)13)9(8)5-15/h3-4,10H,2H2,1H3. The fourth-order valence-corrected chi connectivity index (χ4v) is 1.94. The maximum Gasteiger partial charge on any atom is 0.339 e. The number of ether oxygens (including phenoxy) is 1. The van der Waals surface area contributed by atoms with Gasteiger partial charge in [-0.25, -0.2) is 13.6 Å². The molecule has 3 nitrogen and oxygen atoms in total. The highest BCUT2D eigenvalue weighted by Gasteiger charge is 2.22. The van der Waals surface area contributed by atoms with Crippen LogP contribution in [0.4, 0.5) is 8.78 Å². The number of esters is 1. The van der Waals surface area contributed by atoms with Crippen molar-refractivity contribution in [1.82, 2.24) is 0 Å². The molecule has 0 bridgehead atoms. The lowest BCUT2D eigenvalue weighted by atomic mass is 10.0. The fourth-order valence-electron chi connectivity index (χ4n) is 1.29. The predicted molar refractivity (Wildman–Crippen MR) is 64.8 cm³/mol. The van der Waals surface area contributed by atoms with Crippen LogP contribution in [-0.2, 0) is 4.74 Å². The lowest BCUT2D eigenvalue weighted by molar-refractivity contribution is 0.0525. The first-order valence-electron chi connectivity index (χ1n) is 4.70. The molecule has 0 unspecified atom stereocenters. The Morgan fingerprint density at radius 3 is 2.71 bits per heavy atom. The van der Waals surface area contributed by atoms with Crippen LogP contribution in [0.2, 0.25) is 0 Å². The molecule has 0 amide bonds. The van der Waals surface area contributed by atoms with E-state index >= 15 is 0 Å². The second-order valence-corrected chi connectivity index (χ2v) is 4.30. The predicted octanol–water partition coefficient (Wildman–Crippen LogP) is 3.28. The molecule has 0 aliphatic heterocycles. The summed E-state index contributed by atoms with van der Waals surface area (Å²) in [5.74, 6) is -0.760. The number of nitrogens with zero attached hydrogens (tertiary/aromatic N) is 1. The number of alkyl halides is 2. The van der Waals surface area contributed by atoms with Gasteiger partial charge in [-0.3, -0.25) is 0 Å². The van der Waals surface area contributed by atoms with Crippen molar-refractivity contribution in [3.8, 4) is 6.07 Å². The van der Waals surface area contributed by atoms with Crippen molar-refractivity contribution in [3.05, 3.63) is 32.4 Å². The highest BCUT2D eigenvalue weighted by molar-refractivity contribution is 14.1. The molecule has 0 aliphatic carbocycles. The van der Waals surface area contributed by atoms with Crippen LogP contribution in [0, 0.1) is 14.9 Å². The van der Waals surface area contributed by atoms with Gasteiger partial charge in [-0.2, -0.15) is 5.26 Å². The van der Waals surface area contributed by atoms with Gasteiger partial charge in [0.1, 0.15) is 6.07 Å². The number of halogens is 3. The first-order valence-corrected chi connectivity index (χ1v) is 5.78. The molecule has 1 rings (SSSR count). The quantitative estimate of drug-likeness (QED) is 0.620. The molecule has 6 heteroatoms. The van der Waals surface area contributed by atoms with E-state index in [0.717, 1.165) is 0 Å². The van der Waals surface area contributed by atoms with Gasteiger partial charge in [0.05, 0.1) is 17.7 Å². The van der Waals surface area contributed by atoms with Gasteiger partial charge < -0.3 is 4.74 Å². The van der Waals surface area contributed by atoms with E-state index in [2.05, 4.69) is 0 Å². The Balaban J connectivity index is 3.39. The summed E-state index contributed by atoms with van der Waals surface area (Å²) in [6.07, 6.45) is -2.80. The van der Waals surface area contributed by atoms with Crippen molar-refractivity contribution in [2.24, 2.45) is 0 Å². The highest BCUT2D eigenvalue weighted by Crippen LogP contribution is 2.27. The molecule has 0 aliphatic rings. The molecule has 17 heavy (non-hydrogen) atoms. The van der Waals surface area contributed by atoms with E-state index < -0.39 is 18.0 Å². The molecule has 0 fully saturated rings. The zero-order chi connectivity index (χ0) is 13.0. The lowest BCUT2D eigenvalue weighted by Gasteiger charge is -2.09. The first kappa shape index (κ1) is 13.8. The summed E-state index contributed by atoms with van der Waals surface area (Å²) in [6, 6.07) is 4.18. The molecule has 0 saturated carbocycles. The van der Waals surface area contributed by atoms with Gasteiger partial charge in [-0.1, -0.05) is 0 Å². The average Bonchev–Trinajstić information content (AvgIpc) is 2.28. The van der Waals surface area contributed by atoms with E-state index in [1.807, 2.05) is 22.6 Å². The Hall–Kier alpha value is -1.23. The normalized spacial score (nSPS) is 10.1. The summed E-state index contributed by atoms with van der Waals surface area (Å²) >= 11 is 1.81. The minimum Gasteiger partial charge on any atom is -0.462 e. The molecule has 1 aromatic rings. The average molecular weight is 351 g/mol. The summed E-state index contributed by atoms with van der Waals surface area (Å²) in [4.78, 5) is 11.5. The molecule has 0 radical (unpaired) electrons. The topological polar surface area (TPSA) is 50.1 Å². The van der Waals surface area contributed by atoms with E-state index in [-0.39, 0.29) is 17.7 Å². The number of rotatable bonds is 3. The Kier molecular flexibility index (Phi) is 4.81. The molecule has 0 saturated heterocycles. The molecular weight excluding hydrogens is 343 g/mol. The van der Waals surface area contributed by atoms with Crippen molar-refractivity contribution in [2.75, 3.05) is 6.61 Å². The summed E-state index contributed by atoms with van der Waals surface area (Å²) < 4.78 is 30.6. The molecule has 0 spiro atoms. The van der Waals surface area contributed by atoms with Crippen molar-refractivity contribution in [3.63, 3.8) is 0 Å². The van der Waals surface area contributed by atoms with Gasteiger partial charge >= 0.3 is 5.97 Å². The number of hydrogen-bond acceptors (Lipinski definition) is 3. The fraction of sp³-hybridized carbons (Fsp3) is 0.273. The third-order valence-electron chi connectivity index (χ3n) is 1.98. The van der Waals surface area contributed by atoms with Crippen molar-refractivity contribution < 1.29 is 18.3 Å². The number of carbonyl (C=O) groups excluding carboxylic acids is 1. The Morgan fingerprint density at radius 2 is 2.24 bits per heavy atom. The number of carbonyl (C=O) groups is 1. The van der Waals surface area contributed by atoms with Gasteiger partial charge in [0.15, 0.2) is 0 Å². The number of benzene rings is 1. The summed E-state index contributed by atoms with van der Waals surface area (Å²) in [5, 5.41) is 8.86. The molecule has 0 atom stereocenters. The van der Waals surface area contributed by atoms with Crippen LogP contribution in [0.15, 0.2) is 12.1 Å². The summed E-state index contributed by atoms with van der Waals surface area (Å²) in [7, 11) is 0. The summed E-state index contributed by atoms with van der Waals surface area (Å²) in [6.45, 7) is 1.73. The SMILES string of the molecule is CCOC(=O)c1cc(I)cc(C(F)F)c1C#N. The Labute approximate surface area is 111 Å². The first-order chi connectivity index (χ1) is 8.01. The smallest absolute Gasteiger partial charge is 0.339 e. The van der Waals surface area contributed by atoms with Crippen LogP contribution in [0.1, 0.15) is 34.8 Å². The van der Waals surface area contributed by atoms with Gasteiger partial charge in [0, 0.05) is 9.13 Å². The lowest BCUT2D eigenvalue weighted by Crippen LogP contribution is -2.09. The zero-order valence-corrected chi connectivity index (χ0v) is 11.0. The van der Waals surface area contributed by atoms with Crippen LogP contribution in [0.25, 0.3) is 0 Å². The largest absolute Gasteiger partial charge is 0.462 e. The van der Waals surface area contributed by atoms with Crippen molar-refractivity contribution in [2.45, 2.75) is 13.3 Å². The van der Waals surface area contributed by atoms with Gasteiger partial charge in [-0.15, -0.1) is 0 Å². The molecule has 0 heterocycles. The maximum atomic E-state index is 12.7. The van der Waals surface area contributed by atoms with E-state index in [1.54, 1.807) is 13.0 Å². The van der Waals surface area contributed by atoms with Crippen LogP contribution in [-0.4, -0.2) is 12.6 Å². The van der Waals surface area contributed by atoms with Gasteiger partial charge in [-0.05, 0) is 41.6 Å². The number of hydrogen-bond donors (Lipinski definition) is 0. The molecular formula is C11H8F2INO2. The Bertz CT molecular complexity index is 483. The van der Waals surface area contributed by atoms with E-state index in [4.69, 9.17) is 10.00 Å². The third kappa shape index (κ3) is 3.12. The molecule has 1 aromatic carbocycles. The van der Waals surface area contributed by atoms with Crippen molar-refractivity contribution in [1.29, 1.82) is 5.26 Å². The van der Waals surface area contributed by atoms with Gasteiger partial charge in [0.25, 0.3) is 6.43 Å². The van der Waals surface area contributed by atoms with Gasteiger partial charge in [0.2, 0.25) is 0 Å². The third-order valence-corrected chi connectivity index (χ3v) is 2.60. The monoisotopic (exact) mass is 351 g/mol. The minimum absolute atomic E-state index is 0.114. The van der Waals surface area contributed by atoms with Crippen LogP contribution < -0.4 is 0 Å². The Morgan fingerprint density at radius 1 is 1.59 bits per heavy atom. The minimum atomic E-state index is -2.80. The van der Waals surface area contributed by atoms with Crippen molar-refractivity contribution >= 4 is 28.6 Å².